The SMILES string of the molecule is Cl.O=C(C1CCCc2ccccc21)N1C2CCNCC1CC2. The fraction of sp³-hybridized carbons (Fsp3) is 0.611. The third-order valence-electron chi connectivity index (χ3n) is 5.58. The lowest BCUT2D eigenvalue weighted by atomic mass is 9.82. The number of nitrogens with one attached hydrogen (secondary N) is 1. The Morgan fingerprint density at radius 1 is 1.09 bits per heavy atom. The van der Waals surface area contributed by atoms with Gasteiger partial charge in [-0.2, -0.15) is 0 Å². The number of aryl methyl sites for hydroxylation is 1. The van der Waals surface area contributed by atoms with Gasteiger partial charge in [-0.25, -0.2) is 0 Å². The average Bonchev–Trinajstić information content (AvgIpc) is 2.79. The molecule has 2 bridgehead atoms. The van der Waals surface area contributed by atoms with Gasteiger partial charge in [0.05, 0.1) is 5.92 Å². The van der Waals surface area contributed by atoms with Gasteiger partial charge in [0.25, 0.3) is 0 Å². The Kier molecular flexibility index (Phi) is 4.74. The summed E-state index contributed by atoms with van der Waals surface area (Å²) in [7, 11) is 0. The molecule has 3 unspecified atom stereocenters. The van der Waals surface area contributed by atoms with E-state index >= 15 is 0 Å². The first-order valence-electron chi connectivity index (χ1n) is 8.45. The smallest absolute Gasteiger partial charge is 0.230 e. The molecule has 0 radical (unpaired) electrons. The van der Waals surface area contributed by atoms with Crippen molar-refractivity contribution < 1.29 is 4.79 Å². The van der Waals surface area contributed by atoms with Crippen molar-refractivity contribution >= 4 is 18.3 Å². The molecular formula is C18H25ClN2O. The minimum absolute atomic E-state index is 0. The molecule has 3 aliphatic rings. The van der Waals surface area contributed by atoms with Crippen LogP contribution < -0.4 is 5.32 Å². The highest BCUT2D eigenvalue weighted by Crippen LogP contribution is 2.37. The minimum atomic E-state index is 0. The highest BCUT2D eigenvalue weighted by Gasteiger charge is 2.41. The van der Waals surface area contributed by atoms with Crippen molar-refractivity contribution in [2.75, 3.05) is 13.1 Å². The van der Waals surface area contributed by atoms with Gasteiger partial charge in [0.1, 0.15) is 0 Å². The number of halogens is 1. The molecule has 0 aromatic heterocycles. The van der Waals surface area contributed by atoms with E-state index in [1.165, 1.54) is 24.0 Å². The number of amides is 1. The molecule has 1 N–H and O–H groups in total. The van der Waals surface area contributed by atoms with Crippen LogP contribution >= 0.6 is 12.4 Å². The highest BCUT2D eigenvalue weighted by atomic mass is 35.5. The zero-order valence-electron chi connectivity index (χ0n) is 13.0. The number of fused-ring (bicyclic) bond motifs is 3. The predicted octanol–water partition coefficient (Wildman–Crippen LogP) is 2.88. The van der Waals surface area contributed by atoms with E-state index in [1.54, 1.807) is 0 Å². The van der Waals surface area contributed by atoms with Gasteiger partial charge in [0.2, 0.25) is 5.91 Å². The first kappa shape index (κ1) is 15.8. The quantitative estimate of drug-likeness (QED) is 0.863. The number of hydrogen-bond donors (Lipinski definition) is 1. The summed E-state index contributed by atoms with van der Waals surface area (Å²) in [5, 5.41) is 3.49. The van der Waals surface area contributed by atoms with Crippen LogP contribution in [0.4, 0.5) is 0 Å². The third-order valence-corrected chi connectivity index (χ3v) is 5.58. The molecule has 0 saturated carbocycles. The van der Waals surface area contributed by atoms with Gasteiger partial charge in [-0.1, -0.05) is 24.3 Å². The summed E-state index contributed by atoms with van der Waals surface area (Å²) in [6, 6.07) is 9.47. The number of nitrogens with zero attached hydrogens (tertiary/aromatic N) is 1. The summed E-state index contributed by atoms with van der Waals surface area (Å²) in [6.07, 6.45) is 6.81. The van der Waals surface area contributed by atoms with Crippen LogP contribution in [0.3, 0.4) is 0 Å². The van der Waals surface area contributed by atoms with Crippen LogP contribution in [-0.4, -0.2) is 36.0 Å². The fourth-order valence-electron chi connectivity index (χ4n) is 4.53. The fourth-order valence-corrected chi connectivity index (χ4v) is 4.53. The van der Waals surface area contributed by atoms with Gasteiger partial charge < -0.3 is 10.2 Å². The Bertz CT molecular complexity index is 534. The number of carbonyl (C=O) groups is 1. The third kappa shape index (κ3) is 2.65. The summed E-state index contributed by atoms with van der Waals surface area (Å²) < 4.78 is 0. The van der Waals surface area contributed by atoms with E-state index in [-0.39, 0.29) is 18.3 Å². The van der Waals surface area contributed by atoms with E-state index < -0.39 is 0 Å². The van der Waals surface area contributed by atoms with Crippen LogP contribution in [0.5, 0.6) is 0 Å². The Morgan fingerprint density at radius 3 is 2.82 bits per heavy atom. The van der Waals surface area contributed by atoms with Crippen LogP contribution in [0.15, 0.2) is 24.3 Å². The number of rotatable bonds is 1. The van der Waals surface area contributed by atoms with Crippen molar-refractivity contribution in [1.82, 2.24) is 10.2 Å². The Hall–Kier alpha value is -1.06. The minimum Gasteiger partial charge on any atom is -0.335 e. The summed E-state index contributed by atoms with van der Waals surface area (Å²) in [5.74, 6) is 0.509. The molecule has 2 fully saturated rings. The number of hydrogen-bond acceptors (Lipinski definition) is 2. The Labute approximate surface area is 138 Å². The van der Waals surface area contributed by atoms with E-state index in [2.05, 4.69) is 34.5 Å². The van der Waals surface area contributed by atoms with Gasteiger partial charge in [-0.15, -0.1) is 12.4 Å². The molecule has 0 spiro atoms. The standard InChI is InChI=1S/C18H24N2O.ClH/c21-18(20-14-8-9-15(20)12-19-11-10-14)17-7-3-5-13-4-1-2-6-16(13)17;/h1-2,4,6,14-15,17,19H,3,5,7-12H2;1H. The molecule has 1 aromatic rings. The predicted molar refractivity (Wildman–Crippen MR) is 90.5 cm³/mol. The van der Waals surface area contributed by atoms with Gasteiger partial charge in [0.15, 0.2) is 0 Å². The van der Waals surface area contributed by atoms with Gasteiger partial charge in [0, 0.05) is 18.6 Å². The van der Waals surface area contributed by atoms with Crippen LogP contribution in [0.2, 0.25) is 0 Å². The highest BCUT2D eigenvalue weighted by molar-refractivity contribution is 5.85. The van der Waals surface area contributed by atoms with Crippen LogP contribution in [0.25, 0.3) is 0 Å². The van der Waals surface area contributed by atoms with E-state index in [0.717, 1.165) is 38.8 Å². The Balaban J connectivity index is 0.00000144. The summed E-state index contributed by atoms with van der Waals surface area (Å²) >= 11 is 0. The molecule has 120 valence electrons. The van der Waals surface area contributed by atoms with E-state index in [1.807, 2.05) is 0 Å². The van der Waals surface area contributed by atoms with Crippen molar-refractivity contribution in [2.45, 2.75) is 56.5 Å². The zero-order valence-corrected chi connectivity index (χ0v) is 13.8. The topological polar surface area (TPSA) is 32.3 Å². The molecule has 2 aliphatic heterocycles. The summed E-state index contributed by atoms with van der Waals surface area (Å²) in [6.45, 7) is 2.04. The molecule has 3 nitrogen and oxygen atoms in total. The molecular weight excluding hydrogens is 296 g/mol. The maximum Gasteiger partial charge on any atom is 0.230 e. The average molecular weight is 321 g/mol. The molecule has 3 atom stereocenters. The Morgan fingerprint density at radius 2 is 1.91 bits per heavy atom. The zero-order chi connectivity index (χ0) is 14.2. The summed E-state index contributed by atoms with van der Waals surface area (Å²) in [5.41, 5.74) is 2.69. The van der Waals surface area contributed by atoms with Crippen molar-refractivity contribution in [3.05, 3.63) is 35.4 Å². The molecule has 1 aliphatic carbocycles. The van der Waals surface area contributed by atoms with Gasteiger partial charge >= 0.3 is 0 Å². The molecule has 2 saturated heterocycles. The first-order valence-corrected chi connectivity index (χ1v) is 8.45. The lowest BCUT2D eigenvalue weighted by Gasteiger charge is -2.34. The van der Waals surface area contributed by atoms with Crippen molar-refractivity contribution in [3.8, 4) is 0 Å². The molecule has 4 heteroatoms. The number of benzene rings is 1. The second-order valence-electron chi connectivity index (χ2n) is 6.77. The molecule has 1 amide bonds. The van der Waals surface area contributed by atoms with Crippen LogP contribution in [0.1, 0.15) is 49.1 Å². The lowest BCUT2D eigenvalue weighted by molar-refractivity contribution is -0.135. The largest absolute Gasteiger partial charge is 0.335 e. The van der Waals surface area contributed by atoms with Crippen molar-refractivity contribution in [1.29, 1.82) is 0 Å². The van der Waals surface area contributed by atoms with Crippen molar-refractivity contribution in [3.63, 3.8) is 0 Å². The van der Waals surface area contributed by atoms with E-state index in [9.17, 15) is 4.79 Å². The molecule has 2 heterocycles. The number of carbonyl (C=O) groups excluding carboxylic acids is 1. The van der Waals surface area contributed by atoms with Crippen molar-refractivity contribution in [2.24, 2.45) is 0 Å². The molecule has 1 aromatic carbocycles. The van der Waals surface area contributed by atoms with Gasteiger partial charge in [-0.05, 0) is 56.2 Å². The first-order chi connectivity index (χ1) is 10.3. The molecule has 4 rings (SSSR count). The lowest BCUT2D eigenvalue weighted by Crippen LogP contribution is -2.45. The van der Waals surface area contributed by atoms with Crippen LogP contribution in [0, 0.1) is 0 Å². The van der Waals surface area contributed by atoms with Gasteiger partial charge in [-0.3, -0.25) is 4.79 Å². The van der Waals surface area contributed by atoms with E-state index in [4.69, 9.17) is 0 Å². The maximum atomic E-state index is 13.2. The van der Waals surface area contributed by atoms with E-state index in [0.29, 0.717) is 18.0 Å². The van der Waals surface area contributed by atoms with Crippen LogP contribution in [-0.2, 0) is 11.2 Å². The molecule has 22 heavy (non-hydrogen) atoms. The normalized spacial score (nSPS) is 30.2. The summed E-state index contributed by atoms with van der Waals surface area (Å²) in [4.78, 5) is 15.5. The maximum absolute atomic E-state index is 13.2. The second-order valence-corrected chi connectivity index (χ2v) is 6.77. The second kappa shape index (κ2) is 6.59. The monoisotopic (exact) mass is 320 g/mol.